The van der Waals surface area contributed by atoms with Gasteiger partial charge in [-0.05, 0) is 29.3 Å². The van der Waals surface area contributed by atoms with Crippen molar-refractivity contribution in [1.29, 1.82) is 0 Å². The molecule has 3 rings (SSSR count). The van der Waals surface area contributed by atoms with Crippen LogP contribution in [0.3, 0.4) is 0 Å². The summed E-state index contributed by atoms with van der Waals surface area (Å²) in [6, 6.07) is 5.96. The summed E-state index contributed by atoms with van der Waals surface area (Å²) in [5, 5.41) is 4.06. The van der Waals surface area contributed by atoms with Crippen LogP contribution in [0.4, 0.5) is 5.95 Å². The van der Waals surface area contributed by atoms with Gasteiger partial charge in [-0.3, -0.25) is 0 Å². The van der Waals surface area contributed by atoms with Crippen LogP contribution < -0.4 is 9.64 Å². The molecule has 1 aromatic heterocycles. The molecule has 112 valence electrons. The minimum absolute atomic E-state index is 0.512. The van der Waals surface area contributed by atoms with Gasteiger partial charge in [0.2, 0.25) is 0 Å². The molecule has 0 unspecified atom stereocenters. The Hall–Kier alpha value is -2.08. The lowest BCUT2D eigenvalue weighted by Gasteiger charge is -2.24. The third-order valence-corrected chi connectivity index (χ3v) is 3.62. The number of hydrogen-bond donors (Lipinski definition) is 0. The fourth-order valence-electron chi connectivity index (χ4n) is 2.39. The molecule has 1 saturated heterocycles. The lowest BCUT2D eigenvalue weighted by molar-refractivity contribution is 0.121. The molecular formula is C15H19N3O3. The van der Waals surface area contributed by atoms with Crippen molar-refractivity contribution in [3.05, 3.63) is 23.8 Å². The Balaban J connectivity index is 1.85. The van der Waals surface area contributed by atoms with Gasteiger partial charge in [0.1, 0.15) is 5.75 Å². The Bertz CT molecular complexity index is 606. The first-order valence-corrected chi connectivity index (χ1v) is 7.15. The molecule has 0 radical (unpaired) electrons. The van der Waals surface area contributed by atoms with E-state index < -0.39 is 0 Å². The van der Waals surface area contributed by atoms with Crippen LogP contribution in [0.25, 0.3) is 11.5 Å². The Morgan fingerprint density at radius 2 is 2.10 bits per heavy atom. The topological polar surface area (TPSA) is 60.6 Å². The first kappa shape index (κ1) is 13.9. The van der Waals surface area contributed by atoms with Gasteiger partial charge in [0.25, 0.3) is 11.8 Å². The smallest absolute Gasteiger partial charge is 0.266 e. The summed E-state index contributed by atoms with van der Waals surface area (Å²) in [5.41, 5.74) is 2.03. The number of benzene rings is 1. The van der Waals surface area contributed by atoms with E-state index in [9.17, 15) is 0 Å². The second-order valence-electron chi connectivity index (χ2n) is 4.88. The van der Waals surface area contributed by atoms with Crippen molar-refractivity contribution in [3.8, 4) is 17.2 Å². The third-order valence-electron chi connectivity index (χ3n) is 3.62. The van der Waals surface area contributed by atoms with Gasteiger partial charge < -0.3 is 18.9 Å². The van der Waals surface area contributed by atoms with E-state index in [1.165, 1.54) is 0 Å². The molecular weight excluding hydrogens is 270 g/mol. The molecule has 1 aliphatic rings. The van der Waals surface area contributed by atoms with Gasteiger partial charge in [-0.1, -0.05) is 13.0 Å². The van der Waals surface area contributed by atoms with Gasteiger partial charge in [-0.2, -0.15) is 4.98 Å². The highest BCUT2D eigenvalue weighted by Crippen LogP contribution is 2.27. The number of hydrogen-bond acceptors (Lipinski definition) is 6. The SMILES string of the molecule is CCc1ccc(-c2nc(N3CCOCC3)no2)cc1OC. The van der Waals surface area contributed by atoms with Crippen LogP contribution in [0.1, 0.15) is 12.5 Å². The lowest BCUT2D eigenvalue weighted by Crippen LogP contribution is -2.36. The normalized spacial score (nSPS) is 15.2. The predicted molar refractivity (Wildman–Crippen MR) is 78.7 cm³/mol. The molecule has 1 aliphatic heterocycles. The average Bonchev–Trinajstić information content (AvgIpc) is 3.05. The molecule has 21 heavy (non-hydrogen) atoms. The van der Waals surface area contributed by atoms with Gasteiger partial charge in [0.05, 0.1) is 20.3 Å². The van der Waals surface area contributed by atoms with Crippen LogP contribution >= 0.6 is 0 Å². The average molecular weight is 289 g/mol. The number of anilines is 1. The Kier molecular flexibility index (Phi) is 4.06. The zero-order valence-corrected chi connectivity index (χ0v) is 12.3. The van der Waals surface area contributed by atoms with Crippen LogP contribution in [0.15, 0.2) is 22.7 Å². The molecule has 6 heteroatoms. The summed E-state index contributed by atoms with van der Waals surface area (Å²) >= 11 is 0. The molecule has 6 nitrogen and oxygen atoms in total. The molecule has 0 amide bonds. The minimum Gasteiger partial charge on any atom is -0.496 e. The van der Waals surface area contributed by atoms with E-state index in [2.05, 4.69) is 22.0 Å². The molecule has 0 aliphatic carbocycles. The van der Waals surface area contributed by atoms with Crippen LogP contribution in [-0.2, 0) is 11.2 Å². The van der Waals surface area contributed by atoms with Crippen molar-refractivity contribution in [2.45, 2.75) is 13.3 Å². The summed E-state index contributed by atoms with van der Waals surface area (Å²) < 4.78 is 16.1. The summed E-state index contributed by atoms with van der Waals surface area (Å²) in [6.45, 7) is 5.07. The number of aromatic nitrogens is 2. The monoisotopic (exact) mass is 289 g/mol. The third kappa shape index (κ3) is 2.85. The molecule has 0 saturated carbocycles. The molecule has 1 fully saturated rings. The maximum atomic E-state index is 5.40. The highest BCUT2D eigenvalue weighted by Gasteiger charge is 2.18. The van der Waals surface area contributed by atoms with Crippen LogP contribution in [-0.4, -0.2) is 43.6 Å². The zero-order chi connectivity index (χ0) is 14.7. The summed E-state index contributed by atoms with van der Waals surface area (Å²) in [6.07, 6.45) is 0.923. The van der Waals surface area contributed by atoms with Crippen molar-refractivity contribution in [3.63, 3.8) is 0 Å². The first-order valence-electron chi connectivity index (χ1n) is 7.15. The maximum Gasteiger partial charge on any atom is 0.266 e. The number of morpholine rings is 1. The van der Waals surface area contributed by atoms with Crippen molar-refractivity contribution in [2.24, 2.45) is 0 Å². The van der Waals surface area contributed by atoms with Crippen molar-refractivity contribution >= 4 is 5.95 Å². The fraction of sp³-hybridized carbons (Fsp3) is 0.467. The summed E-state index contributed by atoms with van der Waals surface area (Å²) in [7, 11) is 1.67. The molecule has 0 N–H and O–H groups in total. The molecule has 0 bridgehead atoms. The molecule has 1 aromatic carbocycles. The second-order valence-corrected chi connectivity index (χ2v) is 4.88. The second kappa shape index (κ2) is 6.13. The highest BCUT2D eigenvalue weighted by atomic mass is 16.5. The van der Waals surface area contributed by atoms with Crippen molar-refractivity contribution in [1.82, 2.24) is 10.1 Å². The van der Waals surface area contributed by atoms with E-state index in [0.717, 1.165) is 36.4 Å². The highest BCUT2D eigenvalue weighted by molar-refractivity contribution is 5.59. The van der Waals surface area contributed by atoms with Gasteiger partial charge in [-0.15, -0.1) is 0 Å². The number of rotatable bonds is 4. The molecule has 2 aromatic rings. The van der Waals surface area contributed by atoms with Crippen LogP contribution in [0.2, 0.25) is 0 Å². The fourth-order valence-corrected chi connectivity index (χ4v) is 2.39. The van der Waals surface area contributed by atoms with E-state index in [4.69, 9.17) is 14.0 Å². The van der Waals surface area contributed by atoms with Gasteiger partial charge in [-0.25, -0.2) is 0 Å². The maximum absolute atomic E-state index is 5.40. The van der Waals surface area contributed by atoms with E-state index in [1.54, 1.807) is 7.11 Å². The van der Waals surface area contributed by atoms with Crippen LogP contribution in [0, 0.1) is 0 Å². The number of aryl methyl sites for hydroxylation is 1. The zero-order valence-electron chi connectivity index (χ0n) is 12.3. The molecule has 2 heterocycles. The standard InChI is InChI=1S/C15H19N3O3/c1-3-11-4-5-12(10-13(11)19-2)14-16-15(17-21-14)18-6-8-20-9-7-18/h4-5,10H,3,6-9H2,1-2H3. The lowest BCUT2D eigenvalue weighted by atomic mass is 10.1. The van der Waals surface area contributed by atoms with E-state index in [1.807, 2.05) is 18.2 Å². The first-order chi connectivity index (χ1) is 10.3. The molecule has 0 spiro atoms. The Morgan fingerprint density at radius 3 is 2.81 bits per heavy atom. The number of methoxy groups -OCH3 is 1. The van der Waals surface area contributed by atoms with Crippen molar-refractivity contribution in [2.75, 3.05) is 38.3 Å². The van der Waals surface area contributed by atoms with E-state index in [-0.39, 0.29) is 0 Å². The summed E-state index contributed by atoms with van der Waals surface area (Å²) in [4.78, 5) is 6.54. The number of ether oxygens (including phenoxy) is 2. The Morgan fingerprint density at radius 1 is 1.29 bits per heavy atom. The largest absolute Gasteiger partial charge is 0.496 e. The van der Waals surface area contributed by atoms with E-state index in [0.29, 0.717) is 25.1 Å². The molecule has 0 atom stereocenters. The minimum atomic E-state index is 0.512. The number of nitrogens with zero attached hydrogens (tertiary/aromatic N) is 3. The van der Waals surface area contributed by atoms with E-state index >= 15 is 0 Å². The Labute approximate surface area is 123 Å². The van der Waals surface area contributed by atoms with Gasteiger partial charge in [0.15, 0.2) is 0 Å². The van der Waals surface area contributed by atoms with Crippen molar-refractivity contribution < 1.29 is 14.0 Å². The van der Waals surface area contributed by atoms with Gasteiger partial charge >= 0.3 is 0 Å². The predicted octanol–water partition coefficient (Wildman–Crippen LogP) is 2.14. The van der Waals surface area contributed by atoms with Crippen LogP contribution in [0.5, 0.6) is 5.75 Å². The van der Waals surface area contributed by atoms with Gasteiger partial charge in [0, 0.05) is 18.7 Å². The summed E-state index contributed by atoms with van der Waals surface area (Å²) in [5.74, 6) is 1.98. The quantitative estimate of drug-likeness (QED) is 0.859.